The number of nitrogens with zero attached hydrogens (tertiary/aromatic N) is 8. The maximum absolute atomic E-state index is 14.2. The average Bonchev–Trinajstić information content (AvgIpc) is 4.23. The van der Waals surface area contributed by atoms with Crippen LogP contribution in [0.3, 0.4) is 0 Å². The summed E-state index contributed by atoms with van der Waals surface area (Å²) >= 11 is 0. The van der Waals surface area contributed by atoms with Crippen molar-refractivity contribution in [1.29, 1.82) is 0 Å². The lowest BCUT2D eigenvalue weighted by Crippen LogP contribution is -2.58. The van der Waals surface area contributed by atoms with Crippen molar-refractivity contribution in [1.82, 2.24) is 71.7 Å². The smallest absolute Gasteiger partial charge is 0.246 e. The number of fused-ring (bicyclic) bond motifs is 2. The number of unbranched alkanes of at least 4 members (excludes halogenated alkanes) is 7. The van der Waals surface area contributed by atoms with E-state index >= 15 is 0 Å². The van der Waals surface area contributed by atoms with Gasteiger partial charge in [-0.05, 0) is 97.7 Å². The Kier molecular flexibility index (Phi) is 20.1. The first-order valence-corrected chi connectivity index (χ1v) is 27.0. The van der Waals surface area contributed by atoms with E-state index in [9.17, 15) is 28.8 Å². The number of aromatic nitrogens is 6. The minimum Gasteiger partial charge on any atom is -0.349 e. The number of aryl methyl sites for hydroxylation is 2. The van der Waals surface area contributed by atoms with Gasteiger partial charge in [0.15, 0.2) is 0 Å². The molecule has 0 bridgehead atoms. The third kappa shape index (κ3) is 14.3. The minimum atomic E-state index is -0.666. The topological polar surface area (TPSA) is 242 Å². The van der Waals surface area contributed by atoms with Crippen molar-refractivity contribution in [3.63, 3.8) is 0 Å². The van der Waals surface area contributed by atoms with Crippen LogP contribution in [0.4, 0.5) is 0 Å². The van der Waals surface area contributed by atoms with Gasteiger partial charge in [0, 0.05) is 25.2 Å². The number of amides is 6. The first kappa shape index (κ1) is 54.0. The predicted octanol–water partition coefficient (Wildman–Crippen LogP) is 3.57. The largest absolute Gasteiger partial charge is 0.349 e. The molecule has 20 heteroatoms. The van der Waals surface area contributed by atoms with Gasteiger partial charge in [-0.2, -0.15) is 0 Å². The number of benzene rings is 1. The van der Waals surface area contributed by atoms with Gasteiger partial charge in [-0.25, -0.2) is 0 Å². The summed E-state index contributed by atoms with van der Waals surface area (Å²) in [5, 5.41) is 35.5. The molecule has 0 unspecified atom stereocenters. The molecule has 0 spiro atoms. The molecule has 4 saturated heterocycles. The quantitative estimate of drug-likeness (QED) is 0.0707. The summed E-state index contributed by atoms with van der Waals surface area (Å²) in [7, 11) is 3.42. The van der Waals surface area contributed by atoms with Crippen LogP contribution in [0.15, 0.2) is 42.7 Å². The Bertz CT molecular complexity index is 2250. The molecule has 0 saturated carbocycles. The zero-order valence-electron chi connectivity index (χ0n) is 43.0. The molecule has 1 aromatic carbocycles. The number of rotatable bonds is 24. The van der Waals surface area contributed by atoms with Crippen LogP contribution in [-0.4, -0.2) is 138 Å². The first-order chi connectivity index (χ1) is 34.9. The second-order valence-electron chi connectivity index (χ2n) is 20.5. The minimum absolute atomic E-state index is 0.00339. The monoisotopic (exact) mass is 997 g/mol. The van der Waals surface area contributed by atoms with E-state index in [4.69, 9.17) is 0 Å². The van der Waals surface area contributed by atoms with Crippen molar-refractivity contribution in [3.8, 4) is 0 Å². The van der Waals surface area contributed by atoms with Gasteiger partial charge < -0.3 is 41.7 Å². The lowest BCUT2D eigenvalue weighted by atomic mass is 9.98. The number of nitrogens with one attached hydrogen (secondary N) is 6. The molecule has 7 rings (SSSR count). The summed E-state index contributed by atoms with van der Waals surface area (Å²) in [6.07, 6.45) is 21.5. The van der Waals surface area contributed by atoms with Gasteiger partial charge in [-0.15, -0.1) is 10.2 Å². The zero-order chi connectivity index (χ0) is 51.0. The third-order valence-electron chi connectivity index (χ3n) is 15.4. The van der Waals surface area contributed by atoms with Crippen LogP contribution in [0.1, 0.15) is 165 Å². The molecule has 9 atom stereocenters. The maximum atomic E-state index is 14.2. The standard InChI is InChI=1S/C52H80N14O6/c1-35(53-3)47(67)56-41-24-16-14-22-39-26-28-44(65(39)51(41)71)49(69)55-32-38-33-63(61-59-38)30-18-9-7-5-6-8-10-19-31-64-34-43(60-62-64)46(37-20-12-11-13-21-37)58-50(70)45-29-27-40-23-15-17-25-42(52(72)66(40)45)57-48(68)36(2)54-4/h11-13,20-21,33-36,39-42,44-46,53-54H,5-10,14-19,22-32H2,1-4H3,(H,55,69)(H,56,67)(H,57,68)(H,58,70)/t35-,36-,39-,40-,41-,42-,44-,45-,46-/m0/s1. The summed E-state index contributed by atoms with van der Waals surface area (Å²) < 4.78 is 3.68. The highest BCUT2D eigenvalue weighted by molar-refractivity contribution is 5.95. The summed E-state index contributed by atoms with van der Waals surface area (Å²) in [5.74, 6) is -1.22. The van der Waals surface area contributed by atoms with Crippen molar-refractivity contribution >= 4 is 35.4 Å². The molecule has 20 nitrogen and oxygen atoms in total. The van der Waals surface area contributed by atoms with Crippen molar-refractivity contribution in [2.24, 2.45) is 0 Å². The third-order valence-corrected chi connectivity index (χ3v) is 15.4. The fraction of sp³-hybridized carbons (Fsp3) is 0.692. The van der Waals surface area contributed by atoms with Gasteiger partial charge in [-0.3, -0.25) is 38.1 Å². The highest BCUT2D eigenvalue weighted by atomic mass is 16.2. The van der Waals surface area contributed by atoms with E-state index in [1.54, 1.807) is 37.7 Å². The second-order valence-corrected chi connectivity index (χ2v) is 20.5. The van der Waals surface area contributed by atoms with Gasteiger partial charge in [0.25, 0.3) is 0 Å². The first-order valence-electron chi connectivity index (χ1n) is 27.0. The van der Waals surface area contributed by atoms with Gasteiger partial charge in [0.2, 0.25) is 35.4 Å². The molecule has 2 aromatic heterocycles. The Morgan fingerprint density at radius 1 is 0.597 bits per heavy atom. The van der Waals surface area contributed by atoms with Crippen LogP contribution in [0.5, 0.6) is 0 Å². The van der Waals surface area contributed by atoms with Crippen LogP contribution in [0.25, 0.3) is 0 Å². The number of hydrogen-bond donors (Lipinski definition) is 6. The van der Waals surface area contributed by atoms with Crippen LogP contribution < -0.4 is 31.9 Å². The van der Waals surface area contributed by atoms with Gasteiger partial charge >= 0.3 is 0 Å². The summed E-state index contributed by atoms with van der Waals surface area (Å²) in [6, 6.07) is 5.80. The summed E-state index contributed by atoms with van der Waals surface area (Å²) in [6.45, 7) is 5.22. The van der Waals surface area contributed by atoms with Crippen molar-refractivity contribution in [2.75, 3.05) is 14.1 Å². The van der Waals surface area contributed by atoms with Crippen molar-refractivity contribution in [3.05, 3.63) is 59.7 Å². The summed E-state index contributed by atoms with van der Waals surface area (Å²) in [4.78, 5) is 84.4. The van der Waals surface area contributed by atoms with E-state index in [2.05, 4.69) is 52.5 Å². The fourth-order valence-electron chi connectivity index (χ4n) is 10.9. The van der Waals surface area contributed by atoms with E-state index in [1.165, 1.54) is 0 Å². The van der Waals surface area contributed by atoms with Crippen LogP contribution in [0, 0.1) is 0 Å². The van der Waals surface area contributed by atoms with Gasteiger partial charge in [-0.1, -0.05) is 105 Å². The molecule has 3 aromatic rings. The number of carbonyl (C=O) groups is 6. The fourth-order valence-corrected chi connectivity index (χ4v) is 10.9. The SMILES string of the molecule is CN[C@@H](C)C(=O)N[C@H]1CCCC[C@H]2CC[C@@H](C(=O)NCc3cn(CCCCCCCCCCn4cc([C@@H](NC(=O)[C@@H]5CC[C@@H]6CCCC[C@H](NC(=O)[C@H](C)NC)C(=O)N65)c5ccccc5)nn4)nn3)N2C1=O. The molecular weight excluding hydrogens is 917 g/mol. The molecular formula is C52H80N14O6. The van der Waals surface area contributed by atoms with E-state index in [-0.39, 0.29) is 54.1 Å². The van der Waals surface area contributed by atoms with Crippen molar-refractivity contribution < 1.29 is 28.8 Å². The molecule has 0 radical (unpaired) electrons. The Hall–Kier alpha value is -5.76. The molecule has 6 heterocycles. The Morgan fingerprint density at radius 2 is 1.08 bits per heavy atom. The second kappa shape index (κ2) is 26.8. The lowest BCUT2D eigenvalue weighted by Gasteiger charge is -2.36. The molecule has 4 fully saturated rings. The van der Waals surface area contributed by atoms with Gasteiger partial charge in [0.05, 0.1) is 37.1 Å². The van der Waals surface area contributed by atoms with E-state index in [0.717, 1.165) is 121 Å². The summed E-state index contributed by atoms with van der Waals surface area (Å²) in [5.41, 5.74) is 2.19. The van der Waals surface area contributed by atoms with E-state index in [0.29, 0.717) is 37.1 Å². The number of likely N-dealkylation sites (N-methyl/N-ethyl adjacent to an activating group) is 2. The molecule has 6 amide bonds. The van der Waals surface area contributed by atoms with Gasteiger partial charge in [0.1, 0.15) is 35.6 Å². The Labute approximate surface area is 424 Å². The zero-order valence-corrected chi connectivity index (χ0v) is 43.0. The highest BCUT2D eigenvalue weighted by Crippen LogP contribution is 2.34. The molecule has 4 aliphatic heterocycles. The number of carbonyl (C=O) groups excluding carboxylic acids is 6. The normalized spacial score (nSPS) is 23.7. The predicted molar refractivity (Wildman–Crippen MR) is 270 cm³/mol. The molecule has 0 aliphatic carbocycles. The number of hydrogen-bond acceptors (Lipinski definition) is 12. The van der Waals surface area contributed by atoms with Crippen molar-refractivity contribution in [2.45, 2.75) is 216 Å². The molecule has 6 N–H and O–H groups in total. The Balaban J connectivity index is 0.793. The highest BCUT2D eigenvalue weighted by Gasteiger charge is 2.46. The molecule has 394 valence electrons. The van der Waals surface area contributed by atoms with Crippen LogP contribution in [-0.2, 0) is 48.4 Å². The van der Waals surface area contributed by atoms with Crippen LogP contribution >= 0.6 is 0 Å². The molecule has 4 aliphatic rings. The maximum Gasteiger partial charge on any atom is 0.246 e. The van der Waals surface area contributed by atoms with E-state index in [1.807, 2.05) is 52.1 Å². The van der Waals surface area contributed by atoms with Crippen LogP contribution in [0.2, 0.25) is 0 Å². The van der Waals surface area contributed by atoms with E-state index < -0.39 is 42.3 Å². The Morgan fingerprint density at radius 3 is 1.62 bits per heavy atom. The molecule has 72 heavy (non-hydrogen) atoms. The lowest BCUT2D eigenvalue weighted by molar-refractivity contribution is -0.144. The average molecular weight is 997 g/mol.